The maximum Gasteiger partial charge on any atom is 0.424 e. The highest BCUT2D eigenvalue weighted by molar-refractivity contribution is 6.15. The number of methoxy groups -OCH3 is 2. The molecule has 2 rings (SSSR count). The Balaban J connectivity index is 2.96. The van der Waals surface area contributed by atoms with Crippen LogP contribution in [0.5, 0.6) is 11.8 Å². The summed E-state index contributed by atoms with van der Waals surface area (Å²) < 4.78 is 21.1. The summed E-state index contributed by atoms with van der Waals surface area (Å²) in [4.78, 5) is 46.6. The molecule has 12 heteroatoms. The normalized spacial score (nSPS) is 11.7. The first-order valence-electron chi connectivity index (χ1n) is 9.93. The molecule has 0 spiro atoms. The van der Waals surface area contributed by atoms with Crippen LogP contribution in [-0.4, -0.2) is 52.5 Å². The number of hydrogen-bond acceptors (Lipinski definition) is 10. The summed E-state index contributed by atoms with van der Waals surface area (Å²) in [5.41, 5.74) is -2.61. The zero-order valence-electron chi connectivity index (χ0n) is 20.1. The van der Waals surface area contributed by atoms with E-state index in [0.29, 0.717) is 4.90 Å². The minimum Gasteiger partial charge on any atom is -0.477 e. The third kappa shape index (κ3) is 5.76. The second-order valence-electron chi connectivity index (χ2n) is 9.03. The van der Waals surface area contributed by atoms with Crippen molar-refractivity contribution in [3.8, 4) is 11.8 Å². The second-order valence-corrected chi connectivity index (χ2v) is 9.03. The number of hydrogen-bond donors (Lipinski definition) is 0. The minimum absolute atomic E-state index is 0.00272. The van der Waals surface area contributed by atoms with Gasteiger partial charge in [0.25, 0.3) is 17.4 Å². The Morgan fingerprint density at radius 1 is 0.939 bits per heavy atom. The quantitative estimate of drug-likeness (QED) is 0.467. The van der Waals surface area contributed by atoms with Gasteiger partial charge in [-0.2, -0.15) is 4.90 Å². The lowest BCUT2D eigenvalue weighted by molar-refractivity contribution is -0.385. The van der Waals surface area contributed by atoms with Crippen LogP contribution in [0, 0.1) is 17.0 Å². The van der Waals surface area contributed by atoms with Crippen molar-refractivity contribution in [2.75, 3.05) is 19.1 Å². The molecule has 0 saturated heterocycles. The number of carbonyl (C=O) groups is 2. The van der Waals surface area contributed by atoms with E-state index in [1.165, 1.54) is 27.2 Å². The molecule has 12 nitrogen and oxygen atoms in total. The first kappa shape index (κ1) is 25.6. The Hall–Kier alpha value is -3.70. The summed E-state index contributed by atoms with van der Waals surface area (Å²) in [5, 5.41) is 11.8. The molecule has 0 N–H and O–H groups in total. The van der Waals surface area contributed by atoms with Gasteiger partial charge in [0.1, 0.15) is 22.2 Å². The predicted octanol–water partition coefficient (Wildman–Crippen LogP) is 4.54. The van der Waals surface area contributed by atoms with Crippen molar-refractivity contribution in [2.45, 2.75) is 59.7 Å². The summed E-state index contributed by atoms with van der Waals surface area (Å²) in [5.74, 6) is -0.0805. The molecule has 0 aliphatic heterocycles. The van der Waals surface area contributed by atoms with E-state index in [0.717, 1.165) is 0 Å². The van der Waals surface area contributed by atoms with Gasteiger partial charge in [-0.3, -0.25) is 10.1 Å². The fourth-order valence-corrected chi connectivity index (χ4v) is 2.83. The van der Waals surface area contributed by atoms with Crippen LogP contribution in [0.4, 0.5) is 21.0 Å². The van der Waals surface area contributed by atoms with Gasteiger partial charge in [-0.15, -0.1) is 0 Å². The van der Waals surface area contributed by atoms with Crippen LogP contribution in [0.15, 0.2) is 6.07 Å². The van der Waals surface area contributed by atoms with Crippen molar-refractivity contribution < 1.29 is 33.5 Å². The van der Waals surface area contributed by atoms with Crippen LogP contribution in [0.1, 0.15) is 47.1 Å². The largest absolute Gasteiger partial charge is 0.477 e. The molecule has 2 aromatic rings. The number of benzene rings is 1. The fourth-order valence-electron chi connectivity index (χ4n) is 2.83. The Morgan fingerprint density at radius 2 is 1.39 bits per heavy atom. The molecule has 180 valence electrons. The number of nitro benzene ring substituents is 1. The van der Waals surface area contributed by atoms with E-state index >= 15 is 0 Å². The van der Waals surface area contributed by atoms with Crippen LogP contribution in [-0.2, 0) is 9.47 Å². The average Bonchev–Trinajstić information content (AvgIpc) is 2.65. The van der Waals surface area contributed by atoms with Gasteiger partial charge >= 0.3 is 12.2 Å². The highest BCUT2D eigenvalue weighted by Crippen LogP contribution is 2.39. The molecular weight excluding hydrogens is 436 g/mol. The molecule has 0 unspecified atom stereocenters. The lowest BCUT2D eigenvalue weighted by Gasteiger charge is -2.29. The number of nitrogens with zero attached hydrogens (tertiary/aromatic N) is 4. The SMILES string of the molecule is COc1nc2cc([N+](=O)[O-])c(C)c(N(C(=O)OC(C)(C)C)C(=O)OC(C)(C)C)c2nc1OC. The molecular formula is C21H28N4O8. The lowest BCUT2D eigenvalue weighted by Crippen LogP contribution is -2.44. The number of ether oxygens (including phenoxy) is 4. The number of nitro groups is 1. The molecule has 0 bridgehead atoms. The molecule has 2 amide bonds. The molecule has 1 aromatic heterocycles. The number of fused-ring (bicyclic) bond motifs is 1. The topological polar surface area (TPSA) is 143 Å². The number of amides is 2. The maximum atomic E-state index is 13.2. The molecule has 1 heterocycles. The molecule has 0 aliphatic carbocycles. The van der Waals surface area contributed by atoms with E-state index in [2.05, 4.69) is 9.97 Å². The van der Waals surface area contributed by atoms with Gasteiger partial charge < -0.3 is 18.9 Å². The first-order valence-corrected chi connectivity index (χ1v) is 9.93. The summed E-state index contributed by atoms with van der Waals surface area (Å²) in [6, 6.07) is 1.17. The van der Waals surface area contributed by atoms with Gasteiger partial charge in [-0.1, -0.05) is 0 Å². The van der Waals surface area contributed by atoms with Gasteiger partial charge in [-0.05, 0) is 48.5 Å². The zero-order chi connectivity index (χ0) is 25.3. The third-order valence-electron chi connectivity index (χ3n) is 4.06. The van der Waals surface area contributed by atoms with Gasteiger partial charge in [0.15, 0.2) is 0 Å². The van der Waals surface area contributed by atoms with Crippen molar-refractivity contribution >= 4 is 34.6 Å². The highest BCUT2D eigenvalue weighted by atomic mass is 16.6. The number of rotatable bonds is 4. The van der Waals surface area contributed by atoms with E-state index in [1.807, 2.05) is 0 Å². The molecule has 0 aliphatic rings. The smallest absolute Gasteiger partial charge is 0.424 e. The van der Waals surface area contributed by atoms with Crippen LogP contribution in [0.2, 0.25) is 0 Å². The van der Waals surface area contributed by atoms with Gasteiger partial charge in [0, 0.05) is 6.07 Å². The monoisotopic (exact) mass is 464 g/mol. The molecule has 0 atom stereocenters. The summed E-state index contributed by atoms with van der Waals surface area (Å²) in [7, 11) is 2.66. The number of anilines is 1. The predicted molar refractivity (Wildman–Crippen MR) is 119 cm³/mol. The summed E-state index contributed by atoms with van der Waals surface area (Å²) >= 11 is 0. The molecule has 33 heavy (non-hydrogen) atoms. The number of carbonyl (C=O) groups excluding carboxylic acids is 2. The van der Waals surface area contributed by atoms with Crippen molar-refractivity contribution in [1.82, 2.24) is 9.97 Å². The average molecular weight is 464 g/mol. The summed E-state index contributed by atoms with van der Waals surface area (Å²) in [6.45, 7) is 11.1. The summed E-state index contributed by atoms with van der Waals surface area (Å²) in [6.07, 6.45) is -2.20. The maximum absolute atomic E-state index is 13.2. The van der Waals surface area contributed by atoms with Gasteiger partial charge in [0.2, 0.25) is 0 Å². The van der Waals surface area contributed by atoms with E-state index in [9.17, 15) is 19.7 Å². The van der Waals surface area contributed by atoms with Crippen LogP contribution < -0.4 is 14.4 Å². The Bertz CT molecular complexity index is 1070. The van der Waals surface area contributed by atoms with Gasteiger partial charge in [0.05, 0.1) is 30.4 Å². The van der Waals surface area contributed by atoms with E-state index < -0.39 is 34.0 Å². The van der Waals surface area contributed by atoms with E-state index in [1.54, 1.807) is 41.5 Å². The minimum atomic E-state index is -1.10. The second kappa shape index (κ2) is 9.04. The van der Waals surface area contributed by atoms with Crippen molar-refractivity contribution in [3.63, 3.8) is 0 Å². The van der Waals surface area contributed by atoms with Crippen molar-refractivity contribution in [1.29, 1.82) is 0 Å². The number of imide groups is 1. The van der Waals surface area contributed by atoms with Crippen molar-refractivity contribution in [3.05, 3.63) is 21.7 Å². The first-order chi connectivity index (χ1) is 15.1. The fraction of sp³-hybridized carbons (Fsp3) is 0.524. The van der Waals surface area contributed by atoms with Crippen LogP contribution >= 0.6 is 0 Å². The zero-order valence-corrected chi connectivity index (χ0v) is 20.1. The highest BCUT2D eigenvalue weighted by Gasteiger charge is 2.37. The van der Waals surface area contributed by atoms with E-state index in [-0.39, 0.29) is 34.0 Å². The molecule has 0 fully saturated rings. The van der Waals surface area contributed by atoms with E-state index in [4.69, 9.17) is 18.9 Å². The van der Waals surface area contributed by atoms with Crippen LogP contribution in [0.3, 0.4) is 0 Å². The third-order valence-corrected chi connectivity index (χ3v) is 4.06. The standard InChI is InChI=1S/C21H28N4O8/c1-11-13(25(28)29)10-12-14(23-17(31-9)16(22-12)30-8)15(11)24(18(26)32-20(2,3)4)19(27)33-21(5,6)7/h10H,1-9H3. The number of aromatic nitrogens is 2. The Morgan fingerprint density at radius 3 is 1.79 bits per heavy atom. The lowest BCUT2D eigenvalue weighted by atomic mass is 10.1. The molecule has 1 aromatic carbocycles. The molecule has 0 saturated carbocycles. The van der Waals surface area contributed by atoms with Crippen LogP contribution in [0.25, 0.3) is 11.0 Å². The van der Waals surface area contributed by atoms with Gasteiger partial charge in [-0.25, -0.2) is 19.6 Å². The molecule has 0 radical (unpaired) electrons. The Kier molecular flexibility index (Phi) is 7.00. The Labute approximate surface area is 190 Å². The van der Waals surface area contributed by atoms with Crippen molar-refractivity contribution in [2.24, 2.45) is 0 Å².